The van der Waals surface area contributed by atoms with Crippen molar-refractivity contribution in [3.63, 3.8) is 0 Å². The minimum atomic E-state index is 0.507. The van der Waals surface area contributed by atoms with Gasteiger partial charge in [0.25, 0.3) is 0 Å². The molecule has 0 bridgehead atoms. The Morgan fingerprint density at radius 3 is 2.86 bits per heavy atom. The smallest absolute Gasteiger partial charge is 0.191 e. The zero-order chi connectivity index (χ0) is 15.3. The summed E-state index contributed by atoms with van der Waals surface area (Å²) in [4.78, 5) is 4.21. The molecule has 1 aromatic carbocycles. The van der Waals surface area contributed by atoms with Gasteiger partial charge in [-0.15, -0.1) is 0 Å². The monoisotopic (exact) mass is 287 g/mol. The first kappa shape index (κ1) is 16.8. The van der Waals surface area contributed by atoms with Crippen molar-refractivity contribution < 1.29 is 4.74 Å². The van der Waals surface area contributed by atoms with E-state index in [0.29, 0.717) is 13.2 Å². The van der Waals surface area contributed by atoms with Gasteiger partial charge in [-0.3, -0.25) is 4.99 Å². The predicted octanol–water partition coefficient (Wildman–Crippen LogP) is 2.88. The summed E-state index contributed by atoms with van der Waals surface area (Å²) >= 11 is 0. The minimum absolute atomic E-state index is 0.507. The molecule has 2 N–H and O–H groups in total. The number of hydrogen-bond acceptors (Lipinski definition) is 2. The van der Waals surface area contributed by atoms with Gasteiger partial charge in [-0.1, -0.05) is 43.0 Å². The third kappa shape index (κ3) is 6.65. The molecule has 0 aliphatic heterocycles. The highest BCUT2D eigenvalue weighted by Gasteiger charge is 2.03. The van der Waals surface area contributed by atoms with Gasteiger partial charge in [0.15, 0.2) is 5.96 Å². The first-order chi connectivity index (χ1) is 10.3. The Morgan fingerprint density at radius 1 is 1.33 bits per heavy atom. The average Bonchev–Trinajstić information content (AvgIpc) is 2.53. The van der Waals surface area contributed by atoms with Gasteiger partial charge >= 0.3 is 0 Å². The Bertz CT molecular complexity index is 481. The predicted molar refractivity (Wildman–Crippen MR) is 89.8 cm³/mol. The molecule has 0 spiro atoms. The highest BCUT2D eigenvalue weighted by Crippen LogP contribution is 2.17. The highest BCUT2D eigenvalue weighted by molar-refractivity contribution is 5.79. The molecule has 0 amide bonds. The molecule has 0 aliphatic rings. The van der Waals surface area contributed by atoms with E-state index in [4.69, 9.17) is 4.74 Å². The van der Waals surface area contributed by atoms with Crippen LogP contribution in [0, 0.1) is 0 Å². The Balaban J connectivity index is 2.50. The van der Waals surface area contributed by atoms with Crippen LogP contribution in [-0.4, -0.2) is 26.2 Å². The molecule has 0 aliphatic carbocycles. The van der Waals surface area contributed by atoms with Gasteiger partial charge in [0.2, 0.25) is 0 Å². The zero-order valence-electron chi connectivity index (χ0n) is 12.9. The van der Waals surface area contributed by atoms with E-state index in [0.717, 1.165) is 30.2 Å². The van der Waals surface area contributed by atoms with Gasteiger partial charge < -0.3 is 15.4 Å². The van der Waals surface area contributed by atoms with Crippen molar-refractivity contribution in [1.82, 2.24) is 10.6 Å². The second-order valence-corrected chi connectivity index (χ2v) is 4.42. The Hall–Kier alpha value is -2.23. The number of ether oxygens (including phenoxy) is 1. The number of allylic oxidation sites excluding steroid dienone is 1. The second-order valence-electron chi connectivity index (χ2n) is 4.42. The van der Waals surface area contributed by atoms with Crippen molar-refractivity contribution in [3.8, 4) is 5.75 Å². The van der Waals surface area contributed by atoms with Crippen molar-refractivity contribution in [3.05, 3.63) is 54.6 Å². The van der Waals surface area contributed by atoms with Crippen molar-refractivity contribution in [2.75, 3.05) is 20.2 Å². The summed E-state index contributed by atoms with van der Waals surface area (Å²) in [5.74, 6) is 1.66. The summed E-state index contributed by atoms with van der Waals surface area (Å²) in [5.41, 5.74) is 1.09. The second kappa shape index (κ2) is 10.5. The molecule has 0 saturated carbocycles. The summed E-state index contributed by atoms with van der Waals surface area (Å²) in [6, 6.07) is 7.97. The highest BCUT2D eigenvalue weighted by atomic mass is 16.5. The van der Waals surface area contributed by atoms with Gasteiger partial charge in [-0.05, 0) is 19.4 Å². The molecule has 0 aromatic heterocycles. The lowest BCUT2D eigenvalue weighted by atomic mass is 10.2. The van der Waals surface area contributed by atoms with Crippen LogP contribution in [0.3, 0.4) is 0 Å². The number of benzene rings is 1. The fraction of sp³-hybridized carbons (Fsp3) is 0.353. The van der Waals surface area contributed by atoms with Crippen molar-refractivity contribution >= 4 is 5.96 Å². The van der Waals surface area contributed by atoms with Crippen LogP contribution < -0.4 is 15.4 Å². The Kier molecular flexibility index (Phi) is 8.45. The molecular weight excluding hydrogens is 262 g/mol. The lowest BCUT2D eigenvalue weighted by molar-refractivity contribution is 0.358. The third-order valence-electron chi connectivity index (χ3n) is 2.84. The molecule has 21 heavy (non-hydrogen) atoms. The molecule has 1 aromatic rings. The van der Waals surface area contributed by atoms with E-state index in [1.54, 1.807) is 13.1 Å². The third-order valence-corrected chi connectivity index (χ3v) is 2.84. The fourth-order valence-electron chi connectivity index (χ4n) is 1.78. The fourth-order valence-corrected chi connectivity index (χ4v) is 1.78. The van der Waals surface area contributed by atoms with E-state index >= 15 is 0 Å². The SMILES string of the molecule is C=CCOc1ccccc1CNC(=NC)NCC/C=C/C. The van der Waals surface area contributed by atoms with E-state index in [2.05, 4.69) is 28.3 Å². The van der Waals surface area contributed by atoms with Crippen molar-refractivity contribution in [2.24, 2.45) is 4.99 Å². The van der Waals surface area contributed by atoms with Crippen LogP contribution in [0.25, 0.3) is 0 Å². The van der Waals surface area contributed by atoms with E-state index < -0.39 is 0 Å². The van der Waals surface area contributed by atoms with Gasteiger partial charge in [0.05, 0.1) is 0 Å². The number of hydrogen-bond donors (Lipinski definition) is 2. The van der Waals surface area contributed by atoms with Crippen LogP contribution in [0.15, 0.2) is 54.1 Å². The Labute approximate surface area is 127 Å². The lowest BCUT2D eigenvalue weighted by Crippen LogP contribution is -2.37. The largest absolute Gasteiger partial charge is 0.489 e. The number of nitrogens with zero attached hydrogens (tertiary/aromatic N) is 1. The normalized spacial score (nSPS) is 11.4. The molecule has 0 unspecified atom stereocenters. The standard InChI is InChI=1S/C17H25N3O/c1-4-6-9-12-19-17(18-3)20-14-15-10-7-8-11-16(15)21-13-5-2/h4-8,10-11H,2,9,12-14H2,1,3H3,(H2,18,19,20)/b6-4+. The van der Waals surface area contributed by atoms with Crippen LogP contribution in [0.1, 0.15) is 18.9 Å². The van der Waals surface area contributed by atoms with Crippen molar-refractivity contribution in [2.45, 2.75) is 19.9 Å². The summed E-state index contributed by atoms with van der Waals surface area (Å²) in [6.45, 7) is 7.72. The van der Waals surface area contributed by atoms with E-state index in [9.17, 15) is 0 Å². The summed E-state index contributed by atoms with van der Waals surface area (Å²) in [6.07, 6.45) is 6.89. The molecule has 0 saturated heterocycles. The first-order valence-electron chi connectivity index (χ1n) is 7.19. The van der Waals surface area contributed by atoms with Gasteiger partial charge in [-0.25, -0.2) is 0 Å². The van der Waals surface area contributed by atoms with E-state index in [1.807, 2.05) is 37.3 Å². The molecule has 1 rings (SSSR count). The molecule has 0 radical (unpaired) electrons. The molecule has 114 valence electrons. The summed E-state index contributed by atoms with van der Waals surface area (Å²) in [5, 5.41) is 6.56. The maximum atomic E-state index is 5.64. The molecule has 4 heteroatoms. The number of para-hydroxylation sites is 1. The van der Waals surface area contributed by atoms with Crippen LogP contribution in [-0.2, 0) is 6.54 Å². The zero-order valence-corrected chi connectivity index (χ0v) is 12.9. The van der Waals surface area contributed by atoms with E-state index in [-0.39, 0.29) is 0 Å². The first-order valence-corrected chi connectivity index (χ1v) is 7.19. The van der Waals surface area contributed by atoms with Crippen LogP contribution in [0.4, 0.5) is 0 Å². The molecule has 0 heterocycles. The van der Waals surface area contributed by atoms with Crippen LogP contribution in [0.5, 0.6) is 5.75 Å². The van der Waals surface area contributed by atoms with Crippen LogP contribution in [0.2, 0.25) is 0 Å². The number of nitrogens with one attached hydrogen (secondary N) is 2. The summed E-state index contributed by atoms with van der Waals surface area (Å²) < 4.78 is 5.64. The maximum Gasteiger partial charge on any atom is 0.191 e. The average molecular weight is 287 g/mol. The molecule has 4 nitrogen and oxygen atoms in total. The quantitative estimate of drug-likeness (QED) is 0.334. The number of rotatable bonds is 8. The molecular formula is C17H25N3O. The van der Waals surface area contributed by atoms with Crippen LogP contribution >= 0.6 is 0 Å². The number of guanidine groups is 1. The van der Waals surface area contributed by atoms with Gasteiger partial charge in [0.1, 0.15) is 12.4 Å². The van der Waals surface area contributed by atoms with Crippen molar-refractivity contribution in [1.29, 1.82) is 0 Å². The topological polar surface area (TPSA) is 45.6 Å². The molecule has 0 atom stereocenters. The minimum Gasteiger partial charge on any atom is -0.489 e. The lowest BCUT2D eigenvalue weighted by Gasteiger charge is -2.14. The summed E-state index contributed by atoms with van der Waals surface area (Å²) in [7, 11) is 1.77. The molecule has 0 fully saturated rings. The van der Waals surface area contributed by atoms with Gasteiger partial charge in [-0.2, -0.15) is 0 Å². The Morgan fingerprint density at radius 2 is 2.14 bits per heavy atom. The van der Waals surface area contributed by atoms with Gasteiger partial charge in [0, 0.05) is 25.7 Å². The number of aliphatic imine (C=N–C) groups is 1. The maximum absolute atomic E-state index is 5.64. The van der Waals surface area contributed by atoms with E-state index in [1.165, 1.54) is 0 Å².